The smallest absolute Gasteiger partial charge is 0.228 e. The first-order valence-electron chi connectivity index (χ1n) is 2.88. The lowest BCUT2D eigenvalue weighted by Crippen LogP contribution is -1.90. The van der Waals surface area contributed by atoms with E-state index in [0.717, 1.165) is 12.1 Å². The van der Waals surface area contributed by atoms with Crippen LogP contribution in [0.1, 0.15) is 0 Å². The molecule has 0 aromatic heterocycles. The molecule has 0 spiro atoms. The molecule has 0 aliphatic rings. The zero-order chi connectivity index (χ0) is 8.27. The summed E-state index contributed by atoms with van der Waals surface area (Å²) in [6.07, 6.45) is 0. The Kier molecular flexibility index (Phi) is 2.65. The zero-order valence-corrected chi connectivity index (χ0v) is 6.24. The van der Waals surface area contributed by atoms with Crippen LogP contribution in [0.25, 0.3) is 0 Å². The van der Waals surface area contributed by atoms with Crippen LogP contribution in [0.15, 0.2) is 18.2 Å². The fourth-order valence-electron chi connectivity index (χ4n) is 0.651. The van der Waals surface area contributed by atoms with E-state index >= 15 is 0 Å². The summed E-state index contributed by atoms with van der Waals surface area (Å²) in [4.78, 5) is 0. The minimum absolute atomic E-state index is 0.0719. The second-order valence-electron chi connectivity index (χ2n) is 1.83. The number of hydrogen-bond acceptors (Lipinski definition) is 1. The van der Waals surface area contributed by atoms with Crippen LogP contribution >= 0.6 is 11.6 Å². The maximum atomic E-state index is 12.4. The average molecular weight is 179 g/mol. The highest BCUT2D eigenvalue weighted by molar-refractivity contribution is 6.32. The standard InChI is InChI=1S/C7H5ClF2O/c8-6-3-5(10)1-2-7(6)11-4-9/h1-3H,4H2. The van der Waals surface area contributed by atoms with Crippen LogP contribution in [-0.4, -0.2) is 6.86 Å². The zero-order valence-electron chi connectivity index (χ0n) is 5.48. The monoisotopic (exact) mass is 178 g/mol. The van der Waals surface area contributed by atoms with Crippen molar-refractivity contribution in [3.63, 3.8) is 0 Å². The van der Waals surface area contributed by atoms with Gasteiger partial charge in [-0.1, -0.05) is 11.6 Å². The molecule has 11 heavy (non-hydrogen) atoms. The summed E-state index contributed by atoms with van der Waals surface area (Å²) in [5.74, 6) is -0.322. The number of benzene rings is 1. The molecule has 1 nitrogen and oxygen atoms in total. The van der Waals surface area contributed by atoms with Crippen molar-refractivity contribution in [1.82, 2.24) is 0 Å². The van der Waals surface area contributed by atoms with Gasteiger partial charge >= 0.3 is 0 Å². The first-order valence-corrected chi connectivity index (χ1v) is 3.25. The molecule has 0 N–H and O–H groups in total. The van der Waals surface area contributed by atoms with Gasteiger partial charge in [-0.2, -0.15) is 0 Å². The van der Waals surface area contributed by atoms with Crippen molar-refractivity contribution in [2.75, 3.05) is 6.86 Å². The summed E-state index contributed by atoms with van der Waals surface area (Å²) in [5, 5.41) is 0.0719. The Morgan fingerprint density at radius 3 is 2.73 bits per heavy atom. The van der Waals surface area contributed by atoms with Crippen LogP contribution in [0, 0.1) is 5.82 Å². The SMILES string of the molecule is FCOc1ccc(F)cc1Cl. The third-order valence-corrected chi connectivity index (χ3v) is 1.40. The van der Waals surface area contributed by atoms with E-state index < -0.39 is 12.7 Å². The predicted molar refractivity (Wildman–Crippen MR) is 38.0 cm³/mol. The highest BCUT2D eigenvalue weighted by Gasteiger charge is 2.01. The largest absolute Gasteiger partial charge is 0.461 e. The van der Waals surface area contributed by atoms with Crippen LogP contribution in [0.3, 0.4) is 0 Å². The topological polar surface area (TPSA) is 9.23 Å². The van der Waals surface area contributed by atoms with Gasteiger partial charge in [0.25, 0.3) is 0 Å². The Hall–Kier alpha value is -0.830. The van der Waals surface area contributed by atoms with E-state index in [1.165, 1.54) is 6.07 Å². The second kappa shape index (κ2) is 3.53. The molecule has 0 unspecified atom stereocenters. The maximum absolute atomic E-state index is 12.4. The number of halogens is 3. The van der Waals surface area contributed by atoms with Crippen molar-refractivity contribution in [3.05, 3.63) is 29.0 Å². The third kappa shape index (κ3) is 2.05. The summed E-state index contributed by atoms with van der Waals surface area (Å²) >= 11 is 5.48. The van der Waals surface area contributed by atoms with Gasteiger partial charge in [-0.05, 0) is 18.2 Å². The molecule has 4 heteroatoms. The molecular formula is C7H5ClF2O. The van der Waals surface area contributed by atoms with E-state index in [9.17, 15) is 8.78 Å². The third-order valence-electron chi connectivity index (χ3n) is 1.10. The molecule has 1 rings (SSSR count). The van der Waals surface area contributed by atoms with Crippen LogP contribution in [0.2, 0.25) is 5.02 Å². The van der Waals surface area contributed by atoms with Gasteiger partial charge < -0.3 is 4.74 Å². The fourth-order valence-corrected chi connectivity index (χ4v) is 0.873. The lowest BCUT2D eigenvalue weighted by molar-refractivity contribution is 0.191. The minimum atomic E-state index is -0.967. The van der Waals surface area contributed by atoms with E-state index in [-0.39, 0.29) is 10.8 Å². The molecule has 0 aliphatic carbocycles. The van der Waals surface area contributed by atoms with Crippen molar-refractivity contribution in [1.29, 1.82) is 0 Å². The van der Waals surface area contributed by atoms with Gasteiger partial charge in [0.2, 0.25) is 6.86 Å². The van der Waals surface area contributed by atoms with Crippen molar-refractivity contribution in [2.45, 2.75) is 0 Å². The molecular weight excluding hydrogens is 174 g/mol. The number of alkyl halides is 1. The molecule has 0 saturated heterocycles. The van der Waals surface area contributed by atoms with Crippen LogP contribution in [0.5, 0.6) is 5.75 Å². The molecule has 1 aromatic carbocycles. The van der Waals surface area contributed by atoms with Crippen molar-refractivity contribution >= 4 is 11.6 Å². The van der Waals surface area contributed by atoms with Gasteiger partial charge in [-0.15, -0.1) is 0 Å². The Morgan fingerprint density at radius 2 is 2.18 bits per heavy atom. The molecule has 0 radical (unpaired) electrons. The molecule has 0 atom stereocenters. The van der Waals surface area contributed by atoms with Crippen LogP contribution in [-0.2, 0) is 0 Å². The van der Waals surface area contributed by atoms with E-state index in [0.29, 0.717) is 0 Å². The van der Waals surface area contributed by atoms with Crippen molar-refractivity contribution in [3.8, 4) is 5.75 Å². The Bertz CT molecular complexity index is 252. The van der Waals surface area contributed by atoms with E-state index in [2.05, 4.69) is 4.74 Å². The molecule has 0 aliphatic heterocycles. The Labute approximate surface area is 67.5 Å². The number of hydrogen-bond donors (Lipinski definition) is 0. The Morgan fingerprint density at radius 1 is 1.45 bits per heavy atom. The molecule has 1 aromatic rings. The normalized spacial score (nSPS) is 9.73. The van der Waals surface area contributed by atoms with Gasteiger partial charge in [0.1, 0.15) is 11.6 Å². The highest BCUT2D eigenvalue weighted by atomic mass is 35.5. The number of ether oxygens (including phenoxy) is 1. The average Bonchev–Trinajstić information content (AvgIpc) is 1.95. The second-order valence-corrected chi connectivity index (χ2v) is 2.24. The summed E-state index contributed by atoms with van der Waals surface area (Å²) in [7, 11) is 0. The lowest BCUT2D eigenvalue weighted by atomic mass is 10.3. The molecule has 60 valence electrons. The predicted octanol–water partition coefficient (Wildman–Crippen LogP) is 2.78. The first kappa shape index (κ1) is 8.27. The summed E-state index contributed by atoms with van der Waals surface area (Å²) in [5.41, 5.74) is 0. The lowest BCUT2D eigenvalue weighted by Gasteiger charge is -2.01. The fraction of sp³-hybridized carbons (Fsp3) is 0.143. The number of rotatable bonds is 2. The summed E-state index contributed by atoms with van der Waals surface area (Å²) in [6, 6.07) is 3.49. The first-order chi connectivity index (χ1) is 5.24. The molecule has 0 amide bonds. The molecule has 0 fully saturated rings. The quantitative estimate of drug-likeness (QED) is 0.677. The summed E-state index contributed by atoms with van der Waals surface area (Å²) in [6.45, 7) is -0.967. The minimum Gasteiger partial charge on any atom is -0.461 e. The molecule has 0 bridgehead atoms. The van der Waals surface area contributed by atoms with Crippen LogP contribution < -0.4 is 4.74 Å². The maximum Gasteiger partial charge on any atom is 0.228 e. The van der Waals surface area contributed by atoms with Gasteiger partial charge in [0.05, 0.1) is 5.02 Å². The van der Waals surface area contributed by atoms with Crippen molar-refractivity contribution in [2.24, 2.45) is 0 Å². The van der Waals surface area contributed by atoms with Gasteiger partial charge in [-0.3, -0.25) is 0 Å². The molecule has 0 heterocycles. The van der Waals surface area contributed by atoms with E-state index in [1.54, 1.807) is 0 Å². The highest BCUT2D eigenvalue weighted by Crippen LogP contribution is 2.24. The van der Waals surface area contributed by atoms with E-state index in [4.69, 9.17) is 11.6 Å². The van der Waals surface area contributed by atoms with E-state index in [1.807, 2.05) is 0 Å². The molecule has 0 saturated carbocycles. The summed E-state index contributed by atoms with van der Waals surface area (Å²) < 4.78 is 28.4. The van der Waals surface area contributed by atoms with Crippen LogP contribution in [0.4, 0.5) is 8.78 Å². The van der Waals surface area contributed by atoms with Gasteiger partial charge in [0, 0.05) is 0 Å². The van der Waals surface area contributed by atoms with Gasteiger partial charge in [-0.25, -0.2) is 8.78 Å². The Balaban J connectivity index is 2.90. The van der Waals surface area contributed by atoms with Gasteiger partial charge in [0.15, 0.2) is 0 Å². The van der Waals surface area contributed by atoms with Crippen molar-refractivity contribution < 1.29 is 13.5 Å².